The van der Waals surface area contributed by atoms with Crippen molar-refractivity contribution in [1.82, 2.24) is 0 Å². The minimum atomic E-state index is -1.13. The van der Waals surface area contributed by atoms with Crippen LogP contribution in [0.25, 0.3) is 0 Å². The van der Waals surface area contributed by atoms with Gasteiger partial charge >= 0.3 is 23.9 Å². The van der Waals surface area contributed by atoms with E-state index in [-0.39, 0.29) is 70.1 Å². The first-order valence-electron chi connectivity index (χ1n) is 24.2. The highest BCUT2D eigenvalue weighted by atomic mass is 17.2. The molecule has 0 unspecified atom stereocenters. The van der Waals surface area contributed by atoms with Crippen LogP contribution in [0.4, 0.5) is 0 Å². The summed E-state index contributed by atoms with van der Waals surface area (Å²) in [5, 5.41) is 0. The van der Waals surface area contributed by atoms with Gasteiger partial charge in [0.1, 0.15) is 22.6 Å². The number of hydrogen-bond donors (Lipinski definition) is 0. The summed E-state index contributed by atoms with van der Waals surface area (Å²) in [6.45, 7) is 4.26. The maximum Gasteiger partial charge on any atom is 0.390 e. The van der Waals surface area contributed by atoms with E-state index in [0.29, 0.717) is 48.3 Å². The number of unbranched alkanes of at least 4 members (excludes halogenated alkanes) is 8. The molecular weight excluding hydrogens is 785 g/mol. The number of ether oxygens (including phenoxy) is 2. The van der Waals surface area contributed by atoms with Crippen molar-refractivity contribution in [2.24, 2.45) is 46.3 Å². The Labute approximate surface area is 366 Å². The van der Waals surface area contributed by atoms with Crippen LogP contribution in [0.15, 0.2) is 36.4 Å². The first kappa shape index (κ1) is 44.3. The second kappa shape index (κ2) is 19.2. The molecule has 8 saturated carbocycles. The molecule has 0 aromatic heterocycles. The number of ketones is 2. The van der Waals surface area contributed by atoms with Crippen LogP contribution in [0.1, 0.15) is 209 Å². The van der Waals surface area contributed by atoms with Crippen molar-refractivity contribution in [3.63, 3.8) is 0 Å². The van der Waals surface area contributed by atoms with Crippen molar-refractivity contribution >= 4 is 35.4 Å². The van der Waals surface area contributed by atoms with E-state index in [2.05, 4.69) is 13.8 Å². The normalized spacial score (nSPS) is 28.7. The van der Waals surface area contributed by atoms with Crippen LogP contribution in [0, 0.1) is 46.3 Å². The first-order chi connectivity index (χ1) is 30.0. The fourth-order valence-electron chi connectivity index (χ4n) is 13.3. The van der Waals surface area contributed by atoms with Crippen LogP contribution in [-0.2, 0) is 19.4 Å². The molecule has 62 heavy (non-hydrogen) atoms. The topological polar surface area (TPSA) is 139 Å². The summed E-state index contributed by atoms with van der Waals surface area (Å²) in [5.74, 6) is -0.526. The highest BCUT2D eigenvalue weighted by Crippen LogP contribution is 2.61. The number of hydrogen-bond acceptors (Lipinski definition) is 10. The summed E-state index contributed by atoms with van der Waals surface area (Å²) in [7, 11) is 0. The van der Waals surface area contributed by atoms with Crippen LogP contribution in [0.5, 0.6) is 11.5 Å². The number of carbonyl (C=O) groups is 6. The zero-order chi connectivity index (χ0) is 43.4. The van der Waals surface area contributed by atoms with Crippen LogP contribution in [-0.4, -0.2) is 35.4 Å². The van der Waals surface area contributed by atoms with Gasteiger partial charge < -0.3 is 9.47 Å². The van der Waals surface area contributed by atoms with Gasteiger partial charge in [0.15, 0.2) is 11.6 Å². The van der Waals surface area contributed by atoms with Crippen molar-refractivity contribution < 1.29 is 48.0 Å². The Kier molecular flexibility index (Phi) is 13.7. The molecule has 2 aromatic carbocycles. The third-order valence-electron chi connectivity index (χ3n) is 15.6. The lowest BCUT2D eigenvalue weighted by molar-refractivity contribution is -0.188. The van der Waals surface area contributed by atoms with Gasteiger partial charge in [0, 0.05) is 24.0 Å². The smallest absolute Gasteiger partial charge is 0.390 e. The van der Waals surface area contributed by atoms with E-state index >= 15 is 0 Å². The fraction of sp³-hybridized carbons (Fsp3) is 0.654. The highest BCUT2D eigenvalue weighted by Gasteiger charge is 2.57. The van der Waals surface area contributed by atoms with Crippen molar-refractivity contribution in [3.8, 4) is 11.5 Å². The summed E-state index contributed by atoms with van der Waals surface area (Å²) in [5.41, 5.74) is -1.14. The SMILES string of the molecule is CCCCCCCC(=O)c1ccc(OC(=O)C23CC4CC(CC(C4)C2)C3)c(C(=O)OOC(=O)c2cc(C(=O)CCCCCCC)ccc2OC(=O)C23CC4CC(CC(C4)C2)C3)c1. The lowest BCUT2D eigenvalue weighted by Gasteiger charge is -2.55. The number of esters is 2. The summed E-state index contributed by atoms with van der Waals surface area (Å²) < 4.78 is 12.2. The van der Waals surface area contributed by atoms with E-state index < -0.39 is 22.8 Å². The third-order valence-corrected chi connectivity index (χ3v) is 15.6. The van der Waals surface area contributed by atoms with Crippen molar-refractivity contribution in [1.29, 1.82) is 0 Å². The molecule has 0 spiro atoms. The lowest BCUT2D eigenvalue weighted by atomic mass is 9.49. The van der Waals surface area contributed by atoms with E-state index in [0.717, 1.165) is 128 Å². The molecule has 10 nitrogen and oxygen atoms in total. The van der Waals surface area contributed by atoms with Crippen LogP contribution in [0.3, 0.4) is 0 Å². The lowest BCUT2D eigenvalue weighted by Crippen LogP contribution is -2.51. The van der Waals surface area contributed by atoms with E-state index in [1.54, 1.807) is 12.1 Å². The molecule has 2 aromatic rings. The highest BCUT2D eigenvalue weighted by molar-refractivity contribution is 6.03. The number of benzene rings is 2. The Morgan fingerprint density at radius 1 is 0.468 bits per heavy atom. The Balaban J connectivity index is 1.01. The zero-order valence-electron chi connectivity index (χ0n) is 37.0. The molecule has 0 amide bonds. The quantitative estimate of drug-likeness (QED) is 0.0316. The predicted octanol–water partition coefficient (Wildman–Crippen LogP) is 11.9. The Morgan fingerprint density at radius 2 is 0.790 bits per heavy atom. The molecule has 0 saturated heterocycles. The Morgan fingerprint density at radius 3 is 1.11 bits per heavy atom. The van der Waals surface area contributed by atoms with Crippen LogP contribution >= 0.6 is 0 Å². The van der Waals surface area contributed by atoms with Crippen LogP contribution < -0.4 is 9.47 Å². The van der Waals surface area contributed by atoms with Gasteiger partial charge in [-0.25, -0.2) is 19.4 Å². The number of Topliss-reactive ketones (excluding diaryl/α,β-unsaturated/α-hetero) is 2. The van der Waals surface area contributed by atoms with Gasteiger partial charge in [0.25, 0.3) is 0 Å². The molecule has 8 aliphatic carbocycles. The molecule has 8 aliphatic rings. The molecule has 0 radical (unpaired) electrons. The van der Waals surface area contributed by atoms with Gasteiger partial charge in [-0.3, -0.25) is 19.2 Å². The van der Waals surface area contributed by atoms with Gasteiger partial charge in [-0.15, -0.1) is 0 Å². The maximum atomic E-state index is 14.1. The van der Waals surface area contributed by atoms with Gasteiger partial charge in [-0.2, -0.15) is 0 Å². The molecule has 8 bridgehead atoms. The zero-order valence-corrected chi connectivity index (χ0v) is 37.0. The monoisotopic (exact) mass is 850 g/mol. The van der Waals surface area contributed by atoms with Crippen molar-refractivity contribution in [2.45, 2.75) is 168 Å². The second-order valence-corrected chi connectivity index (χ2v) is 20.5. The Bertz CT molecular complexity index is 1810. The minimum absolute atomic E-state index is 0.0667. The molecule has 334 valence electrons. The van der Waals surface area contributed by atoms with Gasteiger partial charge in [-0.1, -0.05) is 65.2 Å². The third kappa shape index (κ3) is 9.74. The van der Waals surface area contributed by atoms with Crippen molar-refractivity contribution in [2.75, 3.05) is 0 Å². The molecule has 0 heterocycles. The molecule has 0 aliphatic heterocycles. The van der Waals surface area contributed by atoms with Crippen molar-refractivity contribution in [3.05, 3.63) is 58.7 Å². The first-order valence-corrected chi connectivity index (χ1v) is 24.2. The summed E-state index contributed by atoms with van der Waals surface area (Å²) in [6.07, 6.45) is 21.7. The van der Waals surface area contributed by atoms with Gasteiger partial charge in [-0.05, 0) is 162 Å². The minimum Gasteiger partial charge on any atom is -0.425 e. The number of rotatable bonds is 20. The van der Waals surface area contributed by atoms with Crippen LogP contribution in [0.2, 0.25) is 0 Å². The fourth-order valence-corrected chi connectivity index (χ4v) is 13.3. The summed E-state index contributed by atoms with van der Waals surface area (Å²) in [4.78, 5) is 93.3. The molecule has 10 heteroatoms. The van der Waals surface area contributed by atoms with E-state index in [1.165, 1.54) is 24.3 Å². The summed E-state index contributed by atoms with van der Waals surface area (Å²) >= 11 is 0. The molecular formula is C52H66O10. The molecule has 0 N–H and O–H groups in total. The summed E-state index contributed by atoms with van der Waals surface area (Å²) in [6, 6.07) is 8.75. The number of carbonyl (C=O) groups excluding carboxylic acids is 6. The van der Waals surface area contributed by atoms with E-state index in [9.17, 15) is 28.8 Å². The Hall–Kier alpha value is -4.34. The molecule has 0 atom stereocenters. The van der Waals surface area contributed by atoms with Gasteiger partial charge in [0.05, 0.1) is 10.8 Å². The largest absolute Gasteiger partial charge is 0.425 e. The molecule has 8 fully saturated rings. The van der Waals surface area contributed by atoms with Gasteiger partial charge in [0.2, 0.25) is 0 Å². The maximum absolute atomic E-state index is 14.1. The van der Waals surface area contributed by atoms with E-state index in [1.807, 2.05) is 0 Å². The average Bonchev–Trinajstić information content (AvgIpc) is 3.24. The van der Waals surface area contributed by atoms with E-state index in [4.69, 9.17) is 19.2 Å². The molecule has 10 rings (SSSR count). The standard InChI is InChI=1S/C52H66O10/c1-3-5-7-9-11-13-43(53)39-15-17-45(59-49(57)51-27-33-19-34(28-51)21-35(20-33)29-51)41(25-39)47(55)61-62-48(56)42-26-40(44(54)14-12-10-8-6-4-2)16-18-46(42)60-50(58)52-30-36-22-37(31-52)24-38(23-36)32-52/h15-18,25-26,33-38H,3-14,19-24,27-32H2,1-2H3. The predicted molar refractivity (Wildman–Crippen MR) is 232 cm³/mol. The second-order valence-electron chi connectivity index (χ2n) is 20.5. The average molecular weight is 851 g/mol.